The van der Waals surface area contributed by atoms with Crippen molar-refractivity contribution < 1.29 is 0 Å². The van der Waals surface area contributed by atoms with Gasteiger partial charge in [0.1, 0.15) is 5.82 Å². The van der Waals surface area contributed by atoms with Gasteiger partial charge >= 0.3 is 0 Å². The van der Waals surface area contributed by atoms with Gasteiger partial charge in [-0.2, -0.15) is 0 Å². The number of hydrogen-bond donors (Lipinski definition) is 1. The zero-order valence-corrected chi connectivity index (χ0v) is 10.3. The van der Waals surface area contributed by atoms with Crippen molar-refractivity contribution >= 4 is 11.3 Å². The van der Waals surface area contributed by atoms with Crippen LogP contribution in [0, 0.1) is 5.92 Å². The van der Waals surface area contributed by atoms with Gasteiger partial charge in [-0.25, -0.2) is 9.97 Å². The average molecular weight is 246 g/mol. The highest BCUT2D eigenvalue weighted by Gasteiger charge is 2.16. The summed E-state index contributed by atoms with van der Waals surface area (Å²) in [4.78, 5) is 14.2. The average Bonchev–Trinajstić information content (AvgIpc) is 3.01. The molecule has 4 nitrogen and oxygen atoms in total. The van der Waals surface area contributed by atoms with E-state index in [0.29, 0.717) is 5.92 Å². The van der Waals surface area contributed by atoms with Gasteiger partial charge in [0.25, 0.3) is 0 Å². The normalized spacial score (nSPS) is 19.6. The van der Waals surface area contributed by atoms with Gasteiger partial charge in [0.2, 0.25) is 0 Å². The number of rotatable bonds is 3. The zero-order valence-electron chi connectivity index (χ0n) is 9.47. The molecule has 0 unspecified atom stereocenters. The Kier molecular flexibility index (Phi) is 3.11. The highest BCUT2D eigenvalue weighted by atomic mass is 32.1. The minimum absolute atomic E-state index is 0.687. The van der Waals surface area contributed by atoms with Gasteiger partial charge in [-0.05, 0) is 31.5 Å². The molecule has 0 aromatic carbocycles. The minimum Gasteiger partial charge on any atom is -0.316 e. The molecule has 0 radical (unpaired) electrons. The first-order valence-electron chi connectivity index (χ1n) is 5.83. The second-order valence-corrected chi connectivity index (χ2v) is 5.17. The summed E-state index contributed by atoms with van der Waals surface area (Å²) in [5.74, 6) is 1.64. The van der Waals surface area contributed by atoms with E-state index in [1.165, 1.54) is 6.42 Å². The molecular weight excluding hydrogens is 232 g/mol. The molecule has 5 heteroatoms. The van der Waals surface area contributed by atoms with Crippen LogP contribution in [-0.4, -0.2) is 28.0 Å². The zero-order chi connectivity index (χ0) is 11.5. The summed E-state index contributed by atoms with van der Waals surface area (Å²) < 4.78 is 0. The van der Waals surface area contributed by atoms with Gasteiger partial charge < -0.3 is 5.32 Å². The van der Waals surface area contributed by atoms with Crippen LogP contribution >= 0.6 is 11.3 Å². The van der Waals surface area contributed by atoms with Crippen molar-refractivity contribution in [3.8, 4) is 10.6 Å². The second kappa shape index (κ2) is 4.89. The molecular formula is C12H14N4S. The molecule has 2 aromatic heterocycles. The molecule has 3 heterocycles. The predicted octanol–water partition coefficient (Wildman–Crippen LogP) is 1.75. The van der Waals surface area contributed by atoms with Gasteiger partial charge in [0.15, 0.2) is 0 Å². The molecule has 1 N–H and O–H groups in total. The molecule has 1 aliphatic rings. The first-order valence-corrected chi connectivity index (χ1v) is 6.71. The van der Waals surface area contributed by atoms with Crippen molar-refractivity contribution in [3.05, 3.63) is 29.8 Å². The Balaban J connectivity index is 1.79. The van der Waals surface area contributed by atoms with Crippen LogP contribution in [0.25, 0.3) is 10.6 Å². The largest absolute Gasteiger partial charge is 0.316 e. The van der Waals surface area contributed by atoms with E-state index >= 15 is 0 Å². The summed E-state index contributed by atoms with van der Waals surface area (Å²) in [7, 11) is 0. The number of thiazole rings is 1. The third-order valence-electron chi connectivity index (χ3n) is 3.02. The van der Waals surface area contributed by atoms with Crippen molar-refractivity contribution in [2.24, 2.45) is 5.92 Å². The Labute approximate surface area is 104 Å². The fraction of sp³-hybridized carbons (Fsp3) is 0.417. The van der Waals surface area contributed by atoms with Crippen molar-refractivity contribution in [1.82, 2.24) is 20.3 Å². The topological polar surface area (TPSA) is 50.7 Å². The maximum Gasteiger partial charge on any atom is 0.129 e. The van der Waals surface area contributed by atoms with Crippen LogP contribution in [-0.2, 0) is 6.42 Å². The SMILES string of the molecule is c1cc(-c2cncs2)nc(C[C@@H]2CCNC2)n1. The number of aromatic nitrogens is 3. The maximum absolute atomic E-state index is 4.61. The molecule has 17 heavy (non-hydrogen) atoms. The number of nitrogens with one attached hydrogen (secondary N) is 1. The number of hydrogen-bond acceptors (Lipinski definition) is 5. The summed E-state index contributed by atoms with van der Waals surface area (Å²) in [6.07, 6.45) is 5.90. The summed E-state index contributed by atoms with van der Waals surface area (Å²) in [5.41, 5.74) is 2.82. The molecule has 0 spiro atoms. The van der Waals surface area contributed by atoms with Gasteiger partial charge in [-0.15, -0.1) is 11.3 Å². The van der Waals surface area contributed by atoms with Gasteiger partial charge in [0.05, 0.1) is 16.1 Å². The van der Waals surface area contributed by atoms with Gasteiger partial charge in [-0.3, -0.25) is 4.98 Å². The molecule has 1 aliphatic heterocycles. The van der Waals surface area contributed by atoms with Crippen LogP contribution in [0.4, 0.5) is 0 Å². The van der Waals surface area contributed by atoms with Crippen molar-refractivity contribution in [1.29, 1.82) is 0 Å². The quantitative estimate of drug-likeness (QED) is 0.896. The lowest BCUT2D eigenvalue weighted by Crippen LogP contribution is -2.12. The summed E-state index contributed by atoms with van der Waals surface area (Å²) >= 11 is 1.61. The molecule has 1 saturated heterocycles. The van der Waals surface area contributed by atoms with E-state index < -0.39 is 0 Å². The summed E-state index contributed by atoms with van der Waals surface area (Å²) in [6, 6.07) is 1.95. The fourth-order valence-electron chi connectivity index (χ4n) is 2.12. The molecule has 88 valence electrons. The van der Waals surface area contributed by atoms with Crippen molar-refractivity contribution in [3.63, 3.8) is 0 Å². The minimum atomic E-state index is 0.687. The van der Waals surface area contributed by atoms with E-state index in [2.05, 4.69) is 20.3 Å². The van der Waals surface area contributed by atoms with E-state index in [1.54, 1.807) is 11.3 Å². The molecule has 1 fully saturated rings. The predicted molar refractivity (Wildman–Crippen MR) is 67.8 cm³/mol. The van der Waals surface area contributed by atoms with Crippen LogP contribution in [0.1, 0.15) is 12.2 Å². The molecule has 0 amide bonds. The van der Waals surface area contributed by atoms with Crippen LogP contribution < -0.4 is 5.32 Å². The Morgan fingerprint density at radius 1 is 1.47 bits per heavy atom. The third kappa shape index (κ3) is 2.50. The van der Waals surface area contributed by atoms with E-state index in [0.717, 1.165) is 35.9 Å². The third-order valence-corrected chi connectivity index (χ3v) is 3.82. The smallest absolute Gasteiger partial charge is 0.129 e. The molecule has 2 aromatic rings. The van der Waals surface area contributed by atoms with Crippen LogP contribution in [0.2, 0.25) is 0 Å². The Morgan fingerprint density at radius 3 is 3.24 bits per heavy atom. The highest BCUT2D eigenvalue weighted by Crippen LogP contribution is 2.21. The first-order chi connectivity index (χ1) is 8.42. The van der Waals surface area contributed by atoms with E-state index in [-0.39, 0.29) is 0 Å². The molecule has 0 bridgehead atoms. The van der Waals surface area contributed by atoms with Crippen molar-refractivity contribution in [2.45, 2.75) is 12.8 Å². The lowest BCUT2D eigenvalue weighted by atomic mass is 10.0. The first kappa shape index (κ1) is 10.8. The lowest BCUT2D eigenvalue weighted by Gasteiger charge is -2.07. The van der Waals surface area contributed by atoms with E-state index in [9.17, 15) is 0 Å². The van der Waals surface area contributed by atoms with Crippen LogP contribution in [0.3, 0.4) is 0 Å². The summed E-state index contributed by atoms with van der Waals surface area (Å²) in [5, 5.41) is 3.37. The maximum atomic E-state index is 4.61. The molecule has 3 rings (SSSR count). The van der Waals surface area contributed by atoms with E-state index in [4.69, 9.17) is 0 Å². The Hall–Kier alpha value is -1.33. The Morgan fingerprint density at radius 2 is 2.47 bits per heavy atom. The Bertz CT molecular complexity index is 477. The van der Waals surface area contributed by atoms with E-state index in [1.807, 2.05) is 24.0 Å². The van der Waals surface area contributed by atoms with Crippen LogP contribution in [0.15, 0.2) is 24.0 Å². The second-order valence-electron chi connectivity index (χ2n) is 4.29. The molecule has 0 saturated carbocycles. The highest BCUT2D eigenvalue weighted by molar-refractivity contribution is 7.13. The van der Waals surface area contributed by atoms with Gasteiger partial charge in [0, 0.05) is 18.8 Å². The van der Waals surface area contributed by atoms with Gasteiger partial charge in [-0.1, -0.05) is 0 Å². The standard InChI is InChI=1S/C12H14N4S/c1-3-13-6-9(1)5-12-15-4-2-10(16-12)11-7-14-8-17-11/h2,4,7-9,13H,1,3,5-6H2/t9-/m0/s1. The van der Waals surface area contributed by atoms with Crippen molar-refractivity contribution in [2.75, 3.05) is 13.1 Å². The van der Waals surface area contributed by atoms with Crippen LogP contribution in [0.5, 0.6) is 0 Å². The fourth-order valence-corrected chi connectivity index (χ4v) is 2.72. The molecule has 0 aliphatic carbocycles. The number of nitrogens with zero attached hydrogens (tertiary/aromatic N) is 3. The summed E-state index contributed by atoms with van der Waals surface area (Å²) in [6.45, 7) is 2.22. The lowest BCUT2D eigenvalue weighted by molar-refractivity contribution is 0.562. The monoisotopic (exact) mass is 246 g/mol. The molecule has 1 atom stereocenters.